The van der Waals surface area contributed by atoms with Gasteiger partial charge >= 0.3 is 6.03 Å². The Balaban J connectivity index is 2.30. The van der Waals surface area contributed by atoms with Crippen LogP contribution in [0.5, 0.6) is 0 Å². The average Bonchev–Trinajstić information content (AvgIpc) is 2.50. The van der Waals surface area contributed by atoms with E-state index in [2.05, 4.69) is 5.32 Å². The third-order valence-corrected chi connectivity index (χ3v) is 2.45. The van der Waals surface area contributed by atoms with Gasteiger partial charge in [0.05, 0.1) is 12.8 Å². The number of hydrogen-bond donors (Lipinski definition) is 1. The molecule has 1 N–H and O–H groups in total. The van der Waals surface area contributed by atoms with Gasteiger partial charge in [-0.3, -0.25) is 9.59 Å². The number of urea groups is 1. The van der Waals surface area contributed by atoms with Gasteiger partial charge in [-0.2, -0.15) is 4.90 Å². The molecule has 1 aliphatic heterocycles. The van der Waals surface area contributed by atoms with Crippen LogP contribution in [0.2, 0.25) is 0 Å². The molecule has 0 fully saturated rings. The van der Waals surface area contributed by atoms with Crippen LogP contribution in [0.15, 0.2) is 42.7 Å². The number of ether oxygens (including phenoxy) is 1. The zero-order valence-corrected chi connectivity index (χ0v) is 10.0. The summed E-state index contributed by atoms with van der Waals surface area (Å²) in [5.74, 6) is -1.41. The molecule has 1 heterocycles. The molecule has 6 nitrogen and oxygen atoms in total. The van der Waals surface area contributed by atoms with Gasteiger partial charge in [-0.25, -0.2) is 4.79 Å². The molecule has 0 atom stereocenters. The molecule has 0 spiro atoms. The SMILES string of the molecule is O=C1/C=C\OCCNC(=O)N1C(=O)c1ccccc1. The molecule has 19 heavy (non-hydrogen) atoms. The van der Waals surface area contributed by atoms with E-state index in [1.54, 1.807) is 18.2 Å². The summed E-state index contributed by atoms with van der Waals surface area (Å²) < 4.78 is 4.95. The van der Waals surface area contributed by atoms with Crippen LogP contribution in [-0.2, 0) is 9.53 Å². The van der Waals surface area contributed by atoms with Gasteiger partial charge in [0, 0.05) is 11.6 Å². The second-order valence-electron chi connectivity index (χ2n) is 3.75. The molecule has 0 aliphatic carbocycles. The zero-order valence-electron chi connectivity index (χ0n) is 10.0. The number of nitrogens with zero attached hydrogens (tertiary/aromatic N) is 1. The quantitative estimate of drug-likeness (QED) is 0.761. The summed E-state index contributed by atoms with van der Waals surface area (Å²) in [6.07, 6.45) is 2.22. The van der Waals surface area contributed by atoms with E-state index in [0.717, 1.165) is 6.08 Å². The Hall–Kier alpha value is -2.63. The van der Waals surface area contributed by atoms with E-state index in [1.807, 2.05) is 0 Å². The van der Waals surface area contributed by atoms with Crippen LogP contribution in [0.4, 0.5) is 4.79 Å². The molecule has 98 valence electrons. The zero-order chi connectivity index (χ0) is 13.7. The Bertz CT molecular complexity index is 525. The Kier molecular flexibility index (Phi) is 3.92. The van der Waals surface area contributed by atoms with Crippen molar-refractivity contribution in [1.29, 1.82) is 0 Å². The highest BCUT2D eigenvalue weighted by atomic mass is 16.5. The standard InChI is InChI=1S/C13H12N2O4/c16-11-6-8-19-9-7-14-13(18)15(11)12(17)10-4-2-1-3-5-10/h1-6,8H,7,9H2,(H,14,18)/b8-6-. The van der Waals surface area contributed by atoms with Crippen LogP contribution in [0, 0.1) is 0 Å². The molecule has 4 amide bonds. The predicted molar refractivity (Wildman–Crippen MR) is 66.1 cm³/mol. The fraction of sp³-hybridized carbons (Fsp3) is 0.154. The van der Waals surface area contributed by atoms with Gasteiger partial charge in [-0.15, -0.1) is 0 Å². The number of carbonyl (C=O) groups excluding carboxylic acids is 3. The lowest BCUT2D eigenvalue weighted by atomic mass is 10.2. The van der Waals surface area contributed by atoms with Crippen LogP contribution < -0.4 is 5.32 Å². The molecule has 1 aliphatic rings. The minimum atomic E-state index is -0.756. The van der Waals surface area contributed by atoms with Crippen LogP contribution in [-0.4, -0.2) is 35.9 Å². The van der Waals surface area contributed by atoms with Crippen molar-refractivity contribution in [1.82, 2.24) is 10.2 Å². The van der Waals surface area contributed by atoms with Crippen molar-refractivity contribution >= 4 is 17.8 Å². The fourth-order valence-electron chi connectivity index (χ4n) is 1.55. The van der Waals surface area contributed by atoms with E-state index in [4.69, 9.17) is 4.74 Å². The van der Waals surface area contributed by atoms with Crippen molar-refractivity contribution in [2.45, 2.75) is 0 Å². The minimum Gasteiger partial charge on any atom is -0.499 e. The van der Waals surface area contributed by atoms with Gasteiger partial charge < -0.3 is 10.1 Å². The summed E-state index contributed by atoms with van der Waals surface area (Å²) in [4.78, 5) is 36.4. The van der Waals surface area contributed by atoms with E-state index in [1.165, 1.54) is 18.4 Å². The largest absolute Gasteiger partial charge is 0.499 e. The molecule has 0 saturated carbocycles. The first kappa shape index (κ1) is 12.8. The second-order valence-corrected chi connectivity index (χ2v) is 3.75. The molecule has 2 rings (SSSR count). The molecule has 0 aromatic heterocycles. The highest BCUT2D eigenvalue weighted by Gasteiger charge is 2.28. The third-order valence-electron chi connectivity index (χ3n) is 2.45. The first-order valence-corrected chi connectivity index (χ1v) is 5.69. The summed E-state index contributed by atoms with van der Waals surface area (Å²) in [6.45, 7) is 0.456. The minimum absolute atomic E-state index is 0.217. The maximum Gasteiger partial charge on any atom is 0.331 e. The van der Waals surface area contributed by atoms with Crippen LogP contribution >= 0.6 is 0 Å². The van der Waals surface area contributed by atoms with Gasteiger partial charge in [-0.05, 0) is 12.1 Å². The molecular formula is C13H12N2O4. The van der Waals surface area contributed by atoms with Gasteiger partial charge in [-0.1, -0.05) is 18.2 Å². The number of imide groups is 3. The van der Waals surface area contributed by atoms with Gasteiger partial charge in [0.2, 0.25) is 0 Å². The molecule has 0 bridgehead atoms. The highest BCUT2D eigenvalue weighted by molar-refractivity contribution is 6.18. The number of carbonyl (C=O) groups is 3. The lowest BCUT2D eigenvalue weighted by Gasteiger charge is -2.17. The highest BCUT2D eigenvalue weighted by Crippen LogP contribution is 2.07. The van der Waals surface area contributed by atoms with E-state index in [0.29, 0.717) is 4.90 Å². The smallest absolute Gasteiger partial charge is 0.331 e. The maximum atomic E-state index is 12.2. The van der Waals surface area contributed by atoms with Crippen LogP contribution in [0.1, 0.15) is 10.4 Å². The molecular weight excluding hydrogens is 248 g/mol. The lowest BCUT2D eigenvalue weighted by Crippen LogP contribution is -2.47. The van der Waals surface area contributed by atoms with Crippen molar-refractivity contribution in [3.05, 3.63) is 48.2 Å². The molecule has 6 heteroatoms. The first-order valence-electron chi connectivity index (χ1n) is 5.69. The summed E-state index contributed by atoms with van der Waals surface area (Å²) in [7, 11) is 0. The van der Waals surface area contributed by atoms with Crippen LogP contribution in [0.25, 0.3) is 0 Å². The monoisotopic (exact) mass is 260 g/mol. The van der Waals surface area contributed by atoms with Crippen molar-refractivity contribution < 1.29 is 19.1 Å². The number of hydrogen-bond acceptors (Lipinski definition) is 4. The van der Waals surface area contributed by atoms with Crippen molar-refractivity contribution in [2.75, 3.05) is 13.2 Å². The molecule has 1 aromatic rings. The van der Waals surface area contributed by atoms with Crippen molar-refractivity contribution in [2.24, 2.45) is 0 Å². The Morgan fingerprint density at radius 1 is 1.21 bits per heavy atom. The normalized spacial score (nSPS) is 17.6. The van der Waals surface area contributed by atoms with E-state index < -0.39 is 17.8 Å². The summed E-state index contributed by atoms with van der Waals surface area (Å²) >= 11 is 0. The maximum absolute atomic E-state index is 12.2. The number of benzene rings is 1. The lowest BCUT2D eigenvalue weighted by molar-refractivity contribution is -0.121. The summed E-state index contributed by atoms with van der Waals surface area (Å²) in [5.41, 5.74) is 0.263. The summed E-state index contributed by atoms with van der Waals surface area (Å²) in [6, 6.07) is 7.38. The van der Waals surface area contributed by atoms with Gasteiger partial charge in [0.1, 0.15) is 6.61 Å². The average molecular weight is 260 g/mol. The van der Waals surface area contributed by atoms with Crippen molar-refractivity contribution in [3.8, 4) is 0 Å². The molecule has 0 unspecified atom stereocenters. The number of rotatable bonds is 1. The van der Waals surface area contributed by atoms with Crippen molar-refractivity contribution in [3.63, 3.8) is 0 Å². The predicted octanol–water partition coefficient (Wildman–Crippen LogP) is 0.909. The van der Waals surface area contributed by atoms with Gasteiger partial charge in [0.15, 0.2) is 0 Å². The van der Waals surface area contributed by atoms with E-state index in [-0.39, 0.29) is 18.7 Å². The van der Waals surface area contributed by atoms with Gasteiger partial charge in [0.25, 0.3) is 11.8 Å². The Labute approximate surface area is 109 Å². The topological polar surface area (TPSA) is 75.7 Å². The fourth-order valence-corrected chi connectivity index (χ4v) is 1.55. The van der Waals surface area contributed by atoms with E-state index >= 15 is 0 Å². The summed E-state index contributed by atoms with van der Waals surface area (Å²) in [5, 5.41) is 2.44. The first-order chi connectivity index (χ1) is 9.20. The number of nitrogens with one attached hydrogen (secondary N) is 1. The third kappa shape index (κ3) is 2.98. The van der Waals surface area contributed by atoms with Crippen LogP contribution in [0.3, 0.4) is 0 Å². The second kappa shape index (κ2) is 5.81. The molecule has 0 saturated heterocycles. The molecule has 0 radical (unpaired) electrons. The Morgan fingerprint density at radius 3 is 2.68 bits per heavy atom. The van der Waals surface area contributed by atoms with E-state index in [9.17, 15) is 14.4 Å². The number of amides is 4. The molecule has 1 aromatic carbocycles. The Morgan fingerprint density at radius 2 is 1.95 bits per heavy atom.